The molecule has 1 unspecified atom stereocenters. The first-order chi connectivity index (χ1) is 23.4. The monoisotopic (exact) mass is 676 g/mol. The Labute approximate surface area is 285 Å². The van der Waals surface area contributed by atoms with E-state index in [1.54, 1.807) is 26.4 Å². The van der Waals surface area contributed by atoms with Gasteiger partial charge in [-0.15, -0.1) is 0 Å². The summed E-state index contributed by atoms with van der Waals surface area (Å²) >= 11 is 0. The summed E-state index contributed by atoms with van der Waals surface area (Å²) in [6.45, 7) is 6.66. The quantitative estimate of drug-likeness (QED) is 0.184. The van der Waals surface area contributed by atoms with Gasteiger partial charge in [0.15, 0.2) is 5.44 Å². The predicted molar refractivity (Wildman–Crippen MR) is 187 cm³/mol. The maximum Gasteiger partial charge on any atom is 0.209 e. The molecule has 9 nitrogen and oxygen atoms in total. The number of fused-ring (bicyclic) bond motifs is 1. The normalized spacial score (nSPS) is 22.0. The van der Waals surface area contributed by atoms with Gasteiger partial charge in [0.25, 0.3) is 0 Å². The highest BCUT2D eigenvalue weighted by Gasteiger charge is 2.39. The van der Waals surface area contributed by atoms with Crippen LogP contribution in [-0.4, -0.2) is 80.8 Å². The molecule has 0 radical (unpaired) electrons. The van der Waals surface area contributed by atoms with E-state index in [2.05, 4.69) is 28.4 Å². The third-order valence-corrected chi connectivity index (χ3v) is 11.5. The summed E-state index contributed by atoms with van der Waals surface area (Å²) in [6, 6.07) is 20.9. The SMILES string of the molecule is COCCCN1CCOc2ccc(C(O[C@H]3CN[C@H](C=C4CCOCC4)C[C@@H]3c3ccc(OC)cc3)S(=O)(=O)c3ccc(C)cc3)cc21. The molecule has 48 heavy (non-hydrogen) atoms. The second-order valence-corrected chi connectivity index (χ2v) is 14.8. The van der Waals surface area contributed by atoms with Crippen LogP contribution in [0.1, 0.15) is 53.7 Å². The van der Waals surface area contributed by atoms with Crippen LogP contribution in [0.2, 0.25) is 0 Å². The number of nitrogens with zero attached hydrogens (tertiary/aromatic N) is 1. The maximum absolute atomic E-state index is 14.6. The molecule has 258 valence electrons. The summed E-state index contributed by atoms with van der Waals surface area (Å²) in [7, 11) is -0.605. The number of ether oxygens (including phenoxy) is 5. The van der Waals surface area contributed by atoms with Crippen LogP contribution in [0, 0.1) is 6.92 Å². The molecule has 6 rings (SSSR count). The number of anilines is 1. The summed E-state index contributed by atoms with van der Waals surface area (Å²) in [4.78, 5) is 2.48. The van der Waals surface area contributed by atoms with Crippen molar-refractivity contribution in [1.82, 2.24) is 5.32 Å². The maximum atomic E-state index is 14.6. The van der Waals surface area contributed by atoms with Gasteiger partial charge in [-0.25, -0.2) is 8.42 Å². The van der Waals surface area contributed by atoms with Crippen LogP contribution in [0.3, 0.4) is 0 Å². The molecule has 1 N–H and O–H groups in total. The van der Waals surface area contributed by atoms with Gasteiger partial charge in [0.1, 0.15) is 18.1 Å². The first-order valence-corrected chi connectivity index (χ1v) is 18.5. The molecule has 2 fully saturated rings. The van der Waals surface area contributed by atoms with Gasteiger partial charge >= 0.3 is 0 Å². The van der Waals surface area contributed by atoms with E-state index in [-0.39, 0.29) is 16.9 Å². The minimum absolute atomic E-state index is 0.0546. The van der Waals surface area contributed by atoms with Gasteiger partial charge in [-0.1, -0.05) is 47.5 Å². The summed E-state index contributed by atoms with van der Waals surface area (Å²) in [5.41, 5.74) is 3.71. The van der Waals surface area contributed by atoms with Crippen LogP contribution in [0.25, 0.3) is 0 Å². The van der Waals surface area contributed by atoms with Crippen molar-refractivity contribution in [2.45, 2.75) is 61.0 Å². The average Bonchev–Trinajstić information content (AvgIpc) is 3.11. The Bertz CT molecular complexity index is 1630. The summed E-state index contributed by atoms with van der Waals surface area (Å²) in [5, 5.41) is 3.68. The van der Waals surface area contributed by atoms with E-state index in [0.717, 1.165) is 73.8 Å². The van der Waals surface area contributed by atoms with Gasteiger partial charge in [-0.3, -0.25) is 0 Å². The molecule has 0 aromatic heterocycles. The Balaban J connectivity index is 1.36. The van der Waals surface area contributed by atoms with E-state index < -0.39 is 21.4 Å². The molecule has 0 saturated carbocycles. The summed E-state index contributed by atoms with van der Waals surface area (Å²) in [6.07, 6.45) is 5.42. The van der Waals surface area contributed by atoms with Gasteiger partial charge in [0.2, 0.25) is 9.84 Å². The number of methoxy groups -OCH3 is 2. The third kappa shape index (κ3) is 8.06. The molecule has 3 aliphatic rings. The lowest BCUT2D eigenvalue weighted by atomic mass is 9.83. The molecule has 4 atom stereocenters. The van der Waals surface area contributed by atoms with E-state index in [1.165, 1.54) is 5.57 Å². The fourth-order valence-corrected chi connectivity index (χ4v) is 8.44. The standard InChI is InChI=1S/C38H48N2O7S/c1-27-5-12-33(13-6-27)48(41,42)38(30-9-14-36-35(24-30)40(18-22-46-36)17-4-19-43-2)47-37-26-39-31(23-28-15-20-45-21-16-28)25-34(37)29-7-10-32(44-3)11-8-29/h5-14,23-24,31,34,37-39H,4,15-22,25-26H2,1-3H3/t31-,34-,37+,38?/m1/s1. The molecule has 3 aromatic carbocycles. The van der Waals surface area contributed by atoms with E-state index in [1.807, 2.05) is 49.4 Å². The molecule has 0 bridgehead atoms. The minimum atomic E-state index is -3.96. The zero-order chi connectivity index (χ0) is 33.5. The lowest BCUT2D eigenvalue weighted by Gasteiger charge is -2.39. The van der Waals surface area contributed by atoms with Gasteiger partial charge in [-0.2, -0.15) is 0 Å². The van der Waals surface area contributed by atoms with Crippen molar-refractivity contribution in [2.24, 2.45) is 0 Å². The van der Waals surface area contributed by atoms with Gasteiger partial charge in [0, 0.05) is 38.8 Å². The largest absolute Gasteiger partial charge is 0.497 e. The zero-order valence-corrected chi connectivity index (χ0v) is 29.0. The minimum Gasteiger partial charge on any atom is -0.497 e. The predicted octanol–water partition coefficient (Wildman–Crippen LogP) is 5.98. The molecule has 3 aromatic rings. The summed E-state index contributed by atoms with van der Waals surface area (Å²) in [5.74, 6) is 1.46. The van der Waals surface area contributed by atoms with Crippen molar-refractivity contribution in [3.05, 3.63) is 95.1 Å². The molecule has 0 spiro atoms. The molecular weight excluding hydrogens is 628 g/mol. The van der Waals surface area contributed by atoms with E-state index in [9.17, 15) is 8.42 Å². The first kappa shape index (κ1) is 34.5. The van der Waals surface area contributed by atoms with Crippen LogP contribution in [0.15, 0.2) is 83.3 Å². The fraction of sp³-hybridized carbons (Fsp3) is 0.474. The van der Waals surface area contributed by atoms with Crippen molar-refractivity contribution in [3.8, 4) is 11.5 Å². The smallest absolute Gasteiger partial charge is 0.209 e. The number of benzene rings is 3. The number of sulfone groups is 1. The number of rotatable bonds is 12. The molecule has 0 aliphatic carbocycles. The Morgan fingerprint density at radius 3 is 2.50 bits per heavy atom. The van der Waals surface area contributed by atoms with Gasteiger partial charge < -0.3 is 33.9 Å². The van der Waals surface area contributed by atoms with Crippen LogP contribution >= 0.6 is 0 Å². The Morgan fingerprint density at radius 1 is 1.00 bits per heavy atom. The highest BCUT2D eigenvalue weighted by Crippen LogP contribution is 2.41. The fourth-order valence-electron chi connectivity index (χ4n) is 6.88. The highest BCUT2D eigenvalue weighted by molar-refractivity contribution is 7.91. The lowest BCUT2D eigenvalue weighted by molar-refractivity contribution is -0.00326. The van der Waals surface area contributed by atoms with Crippen LogP contribution in [0.5, 0.6) is 11.5 Å². The summed E-state index contributed by atoms with van der Waals surface area (Å²) < 4.78 is 58.4. The second-order valence-electron chi connectivity index (χ2n) is 12.8. The Morgan fingerprint density at radius 2 is 1.77 bits per heavy atom. The number of aryl methyl sites for hydroxylation is 1. The van der Waals surface area contributed by atoms with Crippen LogP contribution < -0.4 is 19.7 Å². The molecule has 3 heterocycles. The molecule has 10 heteroatoms. The van der Waals surface area contributed by atoms with Crippen molar-refractivity contribution in [1.29, 1.82) is 0 Å². The highest BCUT2D eigenvalue weighted by atomic mass is 32.2. The molecule has 0 amide bonds. The van der Waals surface area contributed by atoms with Crippen molar-refractivity contribution >= 4 is 15.5 Å². The second kappa shape index (κ2) is 15.9. The Hall–Kier alpha value is -3.41. The van der Waals surface area contributed by atoms with Gasteiger partial charge in [0.05, 0.1) is 43.6 Å². The van der Waals surface area contributed by atoms with E-state index >= 15 is 0 Å². The zero-order valence-electron chi connectivity index (χ0n) is 28.2. The van der Waals surface area contributed by atoms with E-state index in [0.29, 0.717) is 31.9 Å². The van der Waals surface area contributed by atoms with Crippen LogP contribution in [-0.2, 0) is 24.0 Å². The number of nitrogens with one attached hydrogen (secondary N) is 1. The Kier molecular flexibility index (Phi) is 11.4. The van der Waals surface area contributed by atoms with Crippen molar-refractivity contribution in [2.75, 3.05) is 65.2 Å². The number of hydrogen-bond donors (Lipinski definition) is 1. The lowest BCUT2D eigenvalue weighted by Crippen LogP contribution is -2.47. The first-order valence-electron chi connectivity index (χ1n) is 17.0. The van der Waals surface area contributed by atoms with Crippen LogP contribution in [0.4, 0.5) is 5.69 Å². The topological polar surface area (TPSA) is 95.6 Å². The van der Waals surface area contributed by atoms with E-state index in [4.69, 9.17) is 23.7 Å². The number of piperidine rings is 1. The molecule has 2 saturated heterocycles. The van der Waals surface area contributed by atoms with Crippen molar-refractivity contribution < 1.29 is 32.1 Å². The average molecular weight is 677 g/mol. The van der Waals surface area contributed by atoms with Crippen molar-refractivity contribution in [3.63, 3.8) is 0 Å². The third-order valence-electron chi connectivity index (χ3n) is 9.57. The molecule has 3 aliphatic heterocycles. The number of hydrogen-bond acceptors (Lipinski definition) is 9. The molecular formula is C38H48N2O7S. The van der Waals surface area contributed by atoms with Gasteiger partial charge in [-0.05, 0) is 80.1 Å².